The molecule has 5 heteroatoms. The van der Waals surface area contributed by atoms with Crippen molar-refractivity contribution in [2.45, 2.75) is 6.17 Å². The molecule has 0 N–H and O–H groups in total. The Morgan fingerprint density at radius 2 is 0.688 bits per heavy atom. The molecule has 4 aromatic carbocycles. The van der Waals surface area contributed by atoms with Crippen molar-refractivity contribution in [2.24, 2.45) is 0 Å². The van der Waals surface area contributed by atoms with Gasteiger partial charge in [-0.1, -0.05) is 121 Å². The molecule has 0 spiro atoms. The molecule has 0 radical (unpaired) electrons. The molecular weight excluding hydrogens is 437 g/mol. The van der Waals surface area contributed by atoms with Crippen LogP contribution < -0.4 is 21.2 Å². The third-order valence-corrected chi connectivity index (χ3v) is 12.0. The van der Waals surface area contributed by atoms with Crippen LogP contribution in [0, 0.1) is 0 Å². The molecule has 0 bridgehead atoms. The Kier molecular flexibility index (Phi) is 6.89. The Balaban J connectivity index is 1.71. The molecule has 0 aromatic heterocycles. The molecule has 0 heterocycles. The second kappa shape index (κ2) is 9.82. The highest BCUT2D eigenvalue weighted by Gasteiger charge is 2.36. The predicted molar refractivity (Wildman–Crippen MR) is 134 cm³/mol. The van der Waals surface area contributed by atoms with E-state index < -0.39 is 20.5 Å². The van der Waals surface area contributed by atoms with Crippen molar-refractivity contribution in [3.63, 3.8) is 0 Å². The molecule has 4 aromatic rings. The summed E-state index contributed by atoms with van der Waals surface area (Å²) in [4.78, 5) is 0. The number of rotatable bonds is 8. The summed E-state index contributed by atoms with van der Waals surface area (Å²) in [5, 5.41) is 2.46. The van der Waals surface area contributed by atoms with E-state index in [1.165, 1.54) is 0 Å². The van der Waals surface area contributed by atoms with Crippen molar-refractivity contribution >= 4 is 35.5 Å². The number of halogens is 1. The van der Waals surface area contributed by atoms with Crippen molar-refractivity contribution in [2.75, 3.05) is 12.3 Å². The average molecular weight is 462 g/mol. The van der Waals surface area contributed by atoms with Gasteiger partial charge in [-0.2, -0.15) is 0 Å². The summed E-state index contributed by atoms with van der Waals surface area (Å²) in [5.41, 5.74) is 0. The highest BCUT2D eigenvalue weighted by Crippen LogP contribution is 2.49. The van der Waals surface area contributed by atoms with Crippen LogP contribution in [0.5, 0.6) is 0 Å². The summed E-state index contributed by atoms with van der Waals surface area (Å²) in [6, 6.07) is 36.2. The van der Waals surface area contributed by atoms with Crippen LogP contribution in [-0.2, 0) is 9.13 Å². The zero-order valence-corrected chi connectivity index (χ0v) is 19.4. The second-order valence-corrected chi connectivity index (χ2v) is 13.5. The summed E-state index contributed by atoms with van der Waals surface area (Å²) >= 11 is 0. The third kappa shape index (κ3) is 4.70. The number of benzene rings is 4. The first-order valence-electron chi connectivity index (χ1n) is 10.6. The molecule has 2 nitrogen and oxygen atoms in total. The van der Waals surface area contributed by atoms with Gasteiger partial charge in [-0.15, -0.1) is 0 Å². The van der Waals surface area contributed by atoms with Crippen molar-refractivity contribution in [3.05, 3.63) is 121 Å². The first-order valence-corrected chi connectivity index (χ1v) is 14.4. The fourth-order valence-corrected chi connectivity index (χ4v) is 9.64. The topological polar surface area (TPSA) is 34.1 Å². The number of hydrogen-bond donors (Lipinski definition) is 0. The molecule has 0 amide bonds. The number of alkyl halides is 1. The fourth-order valence-electron chi connectivity index (χ4n) is 4.01. The Bertz CT molecular complexity index is 1040. The quantitative estimate of drug-likeness (QED) is 0.331. The molecule has 0 aliphatic heterocycles. The summed E-state index contributed by atoms with van der Waals surface area (Å²) in [5.74, 6) is 0. The predicted octanol–water partition coefficient (Wildman–Crippen LogP) is 5.35. The van der Waals surface area contributed by atoms with Crippen molar-refractivity contribution in [1.82, 2.24) is 0 Å². The zero-order chi connectivity index (χ0) is 22.4. The minimum Gasteiger partial charge on any atom is -0.314 e. The van der Waals surface area contributed by atoms with Crippen LogP contribution in [0.4, 0.5) is 4.39 Å². The van der Waals surface area contributed by atoms with E-state index in [0.29, 0.717) is 21.2 Å². The smallest absolute Gasteiger partial charge is 0.146 e. The van der Waals surface area contributed by atoms with Gasteiger partial charge in [0, 0.05) is 33.5 Å². The van der Waals surface area contributed by atoms with E-state index in [0.717, 1.165) is 0 Å². The van der Waals surface area contributed by atoms with Gasteiger partial charge in [0.15, 0.2) is 0 Å². The molecule has 4 rings (SSSR count). The Hall–Kier alpha value is -2.73. The van der Waals surface area contributed by atoms with Crippen LogP contribution in [-0.4, -0.2) is 18.5 Å². The second-order valence-electron chi connectivity index (χ2n) is 7.78. The van der Waals surface area contributed by atoms with Gasteiger partial charge < -0.3 is 9.13 Å². The van der Waals surface area contributed by atoms with Crippen molar-refractivity contribution in [1.29, 1.82) is 0 Å². The zero-order valence-electron chi connectivity index (χ0n) is 17.6. The Labute approximate surface area is 188 Å². The Morgan fingerprint density at radius 1 is 0.469 bits per heavy atom. The molecule has 0 saturated heterocycles. The maximum Gasteiger partial charge on any atom is 0.146 e. The first kappa shape index (κ1) is 22.5. The highest BCUT2D eigenvalue weighted by molar-refractivity contribution is 7.79. The average Bonchev–Trinajstić information content (AvgIpc) is 2.86. The molecule has 0 aliphatic rings. The van der Waals surface area contributed by atoms with Crippen LogP contribution in [0.15, 0.2) is 121 Å². The molecule has 0 unspecified atom stereocenters. The van der Waals surface area contributed by atoms with Gasteiger partial charge in [0.05, 0.1) is 0 Å². The van der Waals surface area contributed by atoms with Gasteiger partial charge in [0.1, 0.15) is 20.5 Å². The molecule has 0 aliphatic carbocycles. The van der Waals surface area contributed by atoms with Gasteiger partial charge in [0.25, 0.3) is 0 Å². The highest BCUT2D eigenvalue weighted by atomic mass is 31.2. The minimum absolute atomic E-state index is 0.190. The van der Waals surface area contributed by atoms with E-state index in [9.17, 15) is 9.13 Å². The van der Waals surface area contributed by atoms with E-state index in [1.54, 1.807) is 48.5 Å². The van der Waals surface area contributed by atoms with Gasteiger partial charge in [-0.05, 0) is 0 Å². The molecule has 162 valence electrons. The lowest BCUT2D eigenvalue weighted by molar-refractivity contribution is 0.393. The largest absolute Gasteiger partial charge is 0.314 e. The van der Waals surface area contributed by atoms with Crippen molar-refractivity contribution in [3.8, 4) is 0 Å². The van der Waals surface area contributed by atoms with Gasteiger partial charge in [-0.25, -0.2) is 4.39 Å². The monoisotopic (exact) mass is 462 g/mol. The number of hydrogen-bond acceptors (Lipinski definition) is 2. The van der Waals surface area contributed by atoms with Crippen LogP contribution in [0.2, 0.25) is 0 Å². The van der Waals surface area contributed by atoms with E-state index in [-0.39, 0.29) is 12.3 Å². The normalized spacial score (nSPS) is 12.1. The van der Waals surface area contributed by atoms with E-state index in [4.69, 9.17) is 0 Å². The lowest BCUT2D eigenvalue weighted by atomic mass is 10.4. The standard InChI is InChI=1S/C27H25FO2P2/c28-23(21-31(29,24-13-5-1-6-14-24)25-15-7-2-8-16-25)22-32(30,26-17-9-3-10-18-26)27-19-11-4-12-20-27/h1-20,23H,21-22H2. The summed E-state index contributed by atoms with van der Waals surface area (Å²) in [7, 11) is -6.49. The van der Waals surface area contributed by atoms with Crippen LogP contribution in [0.1, 0.15) is 0 Å². The summed E-state index contributed by atoms with van der Waals surface area (Å²) in [6.45, 7) is 0. The van der Waals surface area contributed by atoms with Crippen LogP contribution >= 0.6 is 14.3 Å². The van der Waals surface area contributed by atoms with E-state index in [2.05, 4.69) is 0 Å². The Morgan fingerprint density at radius 3 is 0.906 bits per heavy atom. The van der Waals surface area contributed by atoms with Gasteiger partial charge in [-0.3, -0.25) is 0 Å². The van der Waals surface area contributed by atoms with Gasteiger partial charge in [0.2, 0.25) is 0 Å². The van der Waals surface area contributed by atoms with Crippen molar-refractivity contribution < 1.29 is 13.5 Å². The maximum absolute atomic E-state index is 15.8. The lowest BCUT2D eigenvalue weighted by Crippen LogP contribution is -2.28. The molecule has 0 saturated carbocycles. The molecule has 0 fully saturated rings. The maximum atomic E-state index is 15.8. The first-order chi connectivity index (χ1) is 15.5. The van der Waals surface area contributed by atoms with E-state index in [1.807, 2.05) is 72.8 Å². The molecule has 32 heavy (non-hydrogen) atoms. The van der Waals surface area contributed by atoms with Gasteiger partial charge >= 0.3 is 0 Å². The van der Waals surface area contributed by atoms with E-state index >= 15 is 4.39 Å². The summed E-state index contributed by atoms with van der Waals surface area (Å²) < 4.78 is 44.3. The molecular formula is C27H25FO2P2. The SMILES string of the molecule is O=P(CC(F)CP(=O)(c1ccccc1)c1ccccc1)(c1ccccc1)c1ccccc1. The summed E-state index contributed by atoms with van der Waals surface area (Å²) in [6.07, 6.45) is -1.89. The van der Waals surface area contributed by atoms with Crippen LogP contribution in [0.3, 0.4) is 0 Å². The van der Waals surface area contributed by atoms with Crippen LogP contribution in [0.25, 0.3) is 0 Å². The molecule has 0 atom stereocenters. The minimum atomic E-state index is -3.25. The third-order valence-electron chi connectivity index (χ3n) is 5.60. The lowest BCUT2D eigenvalue weighted by Gasteiger charge is -2.25. The fraction of sp³-hybridized carbons (Fsp3) is 0.111.